The van der Waals surface area contributed by atoms with E-state index in [-0.39, 0.29) is 11.6 Å². The van der Waals surface area contributed by atoms with Crippen molar-refractivity contribution < 1.29 is 0 Å². The van der Waals surface area contributed by atoms with Gasteiger partial charge in [-0.25, -0.2) is 0 Å². The molecule has 0 fully saturated rings. The molecule has 114 valence electrons. The number of aromatic nitrogens is 2. The van der Waals surface area contributed by atoms with Crippen LogP contribution in [-0.4, -0.2) is 9.13 Å². The first kappa shape index (κ1) is 15.7. The van der Waals surface area contributed by atoms with Gasteiger partial charge in [-0.2, -0.15) is 0 Å². The van der Waals surface area contributed by atoms with E-state index in [2.05, 4.69) is 15.9 Å². The summed E-state index contributed by atoms with van der Waals surface area (Å²) in [7, 11) is 0. The average Bonchev–Trinajstić information content (AvgIpc) is 2.80. The third-order valence-electron chi connectivity index (χ3n) is 3.52. The Hall–Kier alpha value is -1.23. The Kier molecular flexibility index (Phi) is 4.10. The Morgan fingerprint density at radius 2 is 1.68 bits per heavy atom. The molecule has 0 aliphatic rings. The molecule has 0 N–H and O–H groups in total. The second-order valence-corrected chi connectivity index (χ2v) is 7.04. The van der Waals surface area contributed by atoms with Gasteiger partial charge in [-0.1, -0.05) is 39.1 Å². The van der Waals surface area contributed by atoms with E-state index in [1.165, 1.54) is 0 Å². The maximum absolute atomic E-state index is 12.1. The van der Waals surface area contributed by atoms with Crippen molar-refractivity contribution in [3.8, 4) is 5.69 Å². The molecule has 0 unspecified atom stereocenters. The highest BCUT2D eigenvalue weighted by Crippen LogP contribution is 2.34. The number of hydrogen-bond donors (Lipinski definition) is 0. The topological polar surface area (TPSA) is 26.9 Å². The van der Waals surface area contributed by atoms with Crippen molar-refractivity contribution in [2.24, 2.45) is 0 Å². The van der Waals surface area contributed by atoms with Gasteiger partial charge in [0.15, 0.2) is 0 Å². The highest BCUT2D eigenvalue weighted by Gasteiger charge is 2.15. The lowest BCUT2D eigenvalue weighted by Gasteiger charge is -2.14. The van der Waals surface area contributed by atoms with Gasteiger partial charge >= 0.3 is 0 Å². The molecule has 0 aliphatic carbocycles. The Balaban J connectivity index is 2.36. The van der Waals surface area contributed by atoms with Gasteiger partial charge in [0.25, 0.3) is 5.56 Å². The van der Waals surface area contributed by atoms with Crippen LogP contribution in [0.15, 0.2) is 45.8 Å². The van der Waals surface area contributed by atoms with Crippen LogP contribution in [0.1, 0.15) is 19.9 Å². The first-order valence-corrected chi connectivity index (χ1v) is 8.32. The van der Waals surface area contributed by atoms with Gasteiger partial charge in [0.1, 0.15) is 0 Å². The van der Waals surface area contributed by atoms with Gasteiger partial charge in [-0.3, -0.25) is 4.79 Å². The van der Waals surface area contributed by atoms with Crippen molar-refractivity contribution in [3.05, 3.63) is 61.4 Å². The van der Waals surface area contributed by atoms with E-state index in [1.54, 1.807) is 28.8 Å². The van der Waals surface area contributed by atoms with Crippen LogP contribution in [0.4, 0.5) is 0 Å². The molecule has 3 nitrogen and oxygen atoms in total. The van der Waals surface area contributed by atoms with Crippen LogP contribution in [0, 0.1) is 0 Å². The molecule has 6 heteroatoms. The van der Waals surface area contributed by atoms with Crippen LogP contribution in [-0.2, 0) is 0 Å². The van der Waals surface area contributed by atoms with E-state index in [0.29, 0.717) is 15.7 Å². The summed E-state index contributed by atoms with van der Waals surface area (Å²) in [5, 5.41) is 1.08. The predicted molar refractivity (Wildman–Crippen MR) is 95.6 cm³/mol. The number of pyridine rings is 1. The van der Waals surface area contributed by atoms with E-state index in [4.69, 9.17) is 23.2 Å². The van der Waals surface area contributed by atoms with Crippen LogP contribution in [0.5, 0.6) is 0 Å². The molecule has 1 aromatic carbocycles. The zero-order chi connectivity index (χ0) is 16.0. The number of hydrogen-bond acceptors (Lipinski definition) is 1. The van der Waals surface area contributed by atoms with Crippen LogP contribution >= 0.6 is 39.1 Å². The summed E-state index contributed by atoms with van der Waals surface area (Å²) in [6, 6.07) is 8.94. The van der Waals surface area contributed by atoms with Crippen molar-refractivity contribution in [1.82, 2.24) is 9.13 Å². The van der Waals surface area contributed by atoms with Gasteiger partial charge in [0.05, 0.1) is 26.8 Å². The van der Waals surface area contributed by atoms with E-state index >= 15 is 0 Å². The van der Waals surface area contributed by atoms with Gasteiger partial charge in [-0.15, -0.1) is 0 Å². The molecule has 2 heterocycles. The van der Waals surface area contributed by atoms with Crippen molar-refractivity contribution in [1.29, 1.82) is 0 Å². The van der Waals surface area contributed by atoms with E-state index in [0.717, 1.165) is 15.5 Å². The Labute approximate surface area is 146 Å². The third-order valence-corrected chi connectivity index (χ3v) is 4.56. The van der Waals surface area contributed by atoms with Crippen molar-refractivity contribution in [2.45, 2.75) is 19.9 Å². The highest BCUT2D eigenvalue weighted by molar-refractivity contribution is 9.10. The molecule has 3 aromatic rings. The molecule has 0 atom stereocenters. The highest BCUT2D eigenvalue weighted by atomic mass is 79.9. The van der Waals surface area contributed by atoms with Crippen LogP contribution in [0.25, 0.3) is 16.7 Å². The summed E-state index contributed by atoms with van der Waals surface area (Å²) in [5.41, 5.74) is 2.43. The first-order chi connectivity index (χ1) is 10.4. The number of fused-ring (bicyclic) bond motifs is 1. The smallest absolute Gasteiger partial charge is 0.251 e. The summed E-state index contributed by atoms with van der Waals surface area (Å²) >= 11 is 16.1. The minimum absolute atomic E-state index is 0.0201. The minimum Gasteiger partial charge on any atom is -0.312 e. The number of benzene rings is 1. The van der Waals surface area contributed by atoms with E-state index in [1.807, 2.05) is 30.7 Å². The molecule has 0 radical (unpaired) electrons. The van der Waals surface area contributed by atoms with E-state index in [9.17, 15) is 4.79 Å². The second kappa shape index (κ2) is 5.76. The molecule has 3 rings (SSSR count). The summed E-state index contributed by atoms with van der Waals surface area (Å²) in [6.07, 6.45) is 1.88. The third kappa shape index (κ3) is 2.49. The fourth-order valence-electron chi connectivity index (χ4n) is 2.65. The van der Waals surface area contributed by atoms with Gasteiger partial charge < -0.3 is 9.13 Å². The summed E-state index contributed by atoms with van der Waals surface area (Å²) in [6.45, 7) is 3.97. The van der Waals surface area contributed by atoms with Crippen molar-refractivity contribution in [2.75, 3.05) is 0 Å². The number of rotatable bonds is 2. The van der Waals surface area contributed by atoms with Crippen molar-refractivity contribution >= 4 is 50.2 Å². The fraction of sp³-hybridized carbons (Fsp3) is 0.188. The largest absolute Gasteiger partial charge is 0.312 e. The normalized spacial score (nSPS) is 11.5. The van der Waals surface area contributed by atoms with E-state index < -0.39 is 0 Å². The molecular weight excluding hydrogens is 387 g/mol. The monoisotopic (exact) mass is 398 g/mol. The first-order valence-electron chi connectivity index (χ1n) is 6.77. The quantitative estimate of drug-likeness (QED) is 0.563. The zero-order valence-corrected chi connectivity index (χ0v) is 15.1. The minimum atomic E-state index is -0.0201. The lowest BCUT2D eigenvalue weighted by Crippen LogP contribution is -2.20. The Bertz CT molecular complexity index is 905. The van der Waals surface area contributed by atoms with Gasteiger partial charge in [0.2, 0.25) is 0 Å². The molecule has 22 heavy (non-hydrogen) atoms. The maximum Gasteiger partial charge on any atom is 0.251 e. The molecule has 0 saturated heterocycles. The Morgan fingerprint density at radius 3 is 2.27 bits per heavy atom. The molecular formula is C16H13BrCl2N2O. The number of nitrogens with zero attached hydrogens (tertiary/aromatic N) is 2. The molecule has 0 saturated carbocycles. The summed E-state index contributed by atoms with van der Waals surface area (Å²) in [4.78, 5) is 12.1. The zero-order valence-electron chi connectivity index (χ0n) is 12.0. The second-order valence-electron chi connectivity index (χ2n) is 5.31. The molecule has 2 aromatic heterocycles. The summed E-state index contributed by atoms with van der Waals surface area (Å²) < 4.78 is 4.49. The van der Waals surface area contributed by atoms with Gasteiger partial charge in [-0.05, 0) is 38.1 Å². The standard InChI is InChI=1S/C16H13BrCl2N2O/c1-9(2)21-14-5-6-20(13(14)3-4-15(21)22)16-11(18)7-10(17)8-12(16)19/h3-9H,1-2H3. The number of halogens is 3. The van der Waals surface area contributed by atoms with Crippen LogP contribution < -0.4 is 5.56 Å². The lowest BCUT2D eigenvalue weighted by atomic mass is 10.3. The fourth-order valence-corrected chi connectivity index (χ4v) is 4.04. The maximum atomic E-state index is 12.1. The average molecular weight is 400 g/mol. The van der Waals surface area contributed by atoms with Gasteiger partial charge in [0, 0.05) is 22.8 Å². The SMILES string of the molecule is CC(C)n1c(=O)ccc2c1ccn2-c1c(Cl)cc(Br)cc1Cl. The van der Waals surface area contributed by atoms with Crippen LogP contribution in [0.2, 0.25) is 10.0 Å². The van der Waals surface area contributed by atoms with Crippen LogP contribution in [0.3, 0.4) is 0 Å². The van der Waals surface area contributed by atoms with Crippen molar-refractivity contribution in [3.63, 3.8) is 0 Å². The summed E-state index contributed by atoms with van der Waals surface area (Å²) in [5.74, 6) is 0. The molecule has 0 bridgehead atoms. The molecule has 0 spiro atoms. The molecule has 0 aliphatic heterocycles. The molecule has 0 amide bonds. The predicted octanol–water partition coefficient (Wildman–Crippen LogP) is 5.44. The lowest BCUT2D eigenvalue weighted by molar-refractivity contribution is 0.600. The Morgan fingerprint density at radius 1 is 1.05 bits per heavy atom.